The van der Waals surface area contributed by atoms with Crippen molar-refractivity contribution in [2.45, 2.75) is 13.1 Å². The molecule has 0 bridgehead atoms. The first-order valence-electron chi connectivity index (χ1n) is 10.5. The quantitative estimate of drug-likeness (QED) is 0.405. The maximum atomic E-state index is 13.4. The lowest BCUT2D eigenvalue weighted by Crippen LogP contribution is -2.48. The molecule has 1 aliphatic rings. The van der Waals surface area contributed by atoms with E-state index in [0.717, 1.165) is 53.9 Å². The maximum Gasteiger partial charge on any atom is 0.270 e. The number of piperazine rings is 1. The molecule has 4 aromatic rings. The summed E-state index contributed by atoms with van der Waals surface area (Å²) in [5, 5.41) is 0. The lowest BCUT2D eigenvalue weighted by Gasteiger charge is -2.35. The van der Waals surface area contributed by atoms with Crippen LogP contribution in [-0.2, 0) is 13.1 Å². The van der Waals surface area contributed by atoms with E-state index in [9.17, 15) is 4.79 Å². The Morgan fingerprint density at radius 1 is 0.871 bits per heavy atom. The van der Waals surface area contributed by atoms with Crippen LogP contribution < -0.4 is 0 Å². The number of benzene rings is 2. The van der Waals surface area contributed by atoms with Gasteiger partial charge in [0.15, 0.2) is 5.58 Å². The molecular formula is C25H24BrN3O2. The van der Waals surface area contributed by atoms with E-state index in [1.165, 1.54) is 5.56 Å². The van der Waals surface area contributed by atoms with E-state index in [0.29, 0.717) is 12.2 Å². The average molecular weight is 478 g/mol. The van der Waals surface area contributed by atoms with Crippen molar-refractivity contribution < 1.29 is 9.21 Å². The third-order valence-corrected chi connectivity index (χ3v) is 6.43. The van der Waals surface area contributed by atoms with Crippen LogP contribution >= 0.6 is 15.9 Å². The Kier molecular flexibility index (Phi) is 5.66. The molecule has 5 rings (SSSR count). The Bertz CT molecular complexity index is 1170. The van der Waals surface area contributed by atoms with Gasteiger partial charge in [-0.25, -0.2) is 0 Å². The molecular weight excluding hydrogens is 454 g/mol. The van der Waals surface area contributed by atoms with Crippen LogP contribution in [-0.4, -0.2) is 46.5 Å². The van der Waals surface area contributed by atoms with Gasteiger partial charge in [0, 0.05) is 55.9 Å². The predicted octanol–water partition coefficient (Wildman–Crippen LogP) is 5.00. The number of aromatic nitrogens is 1. The van der Waals surface area contributed by atoms with Crippen molar-refractivity contribution >= 4 is 32.9 Å². The highest BCUT2D eigenvalue weighted by molar-refractivity contribution is 9.10. The van der Waals surface area contributed by atoms with E-state index in [4.69, 9.17) is 4.42 Å². The minimum absolute atomic E-state index is 0.0721. The third-order valence-electron chi connectivity index (χ3n) is 5.90. The number of carbonyl (C=O) groups is 1. The lowest BCUT2D eigenvalue weighted by molar-refractivity contribution is 0.0619. The van der Waals surface area contributed by atoms with E-state index in [2.05, 4.69) is 61.8 Å². The van der Waals surface area contributed by atoms with E-state index in [-0.39, 0.29) is 5.91 Å². The topological polar surface area (TPSA) is 41.6 Å². The number of fused-ring (bicyclic) bond motifs is 1. The summed E-state index contributed by atoms with van der Waals surface area (Å²) in [4.78, 5) is 17.8. The van der Waals surface area contributed by atoms with Gasteiger partial charge in [0.05, 0.1) is 11.8 Å². The molecule has 0 radical (unpaired) electrons. The van der Waals surface area contributed by atoms with Gasteiger partial charge in [-0.05, 0) is 23.3 Å². The van der Waals surface area contributed by atoms with Crippen LogP contribution in [0, 0.1) is 0 Å². The fourth-order valence-electron chi connectivity index (χ4n) is 4.21. The predicted molar refractivity (Wildman–Crippen MR) is 125 cm³/mol. The van der Waals surface area contributed by atoms with Crippen molar-refractivity contribution in [3.05, 3.63) is 94.3 Å². The number of hydrogen-bond acceptors (Lipinski definition) is 3. The van der Waals surface area contributed by atoms with Crippen molar-refractivity contribution in [3.8, 4) is 0 Å². The number of hydrogen-bond donors (Lipinski definition) is 0. The van der Waals surface area contributed by atoms with Gasteiger partial charge in [0.1, 0.15) is 5.69 Å². The first kappa shape index (κ1) is 20.1. The molecule has 158 valence electrons. The number of carbonyl (C=O) groups excluding carboxylic acids is 1. The number of rotatable bonds is 5. The van der Waals surface area contributed by atoms with Crippen molar-refractivity contribution in [3.63, 3.8) is 0 Å². The zero-order valence-electron chi connectivity index (χ0n) is 17.2. The van der Waals surface area contributed by atoms with Crippen LogP contribution in [0.4, 0.5) is 0 Å². The second-order valence-corrected chi connectivity index (χ2v) is 8.88. The number of amides is 1. The molecule has 6 heteroatoms. The largest absolute Gasteiger partial charge is 0.463 e. The molecule has 0 atom stereocenters. The molecule has 0 aliphatic carbocycles. The molecule has 31 heavy (non-hydrogen) atoms. The Morgan fingerprint density at radius 2 is 1.58 bits per heavy atom. The van der Waals surface area contributed by atoms with Crippen LogP contribution in [0.1, 0.15) is 21.6 Å². The number of nitrogens with zero attached hydrogens (tertiary/aromatic N) is 3. The fraction of sp³-hybridized carbons (Fsp3) is 0.240. The molecule has 2 aromatic heterocycles. The molecule has 2 aromatic carbocycles. The van der Waals surface area contributed by atoms with Crippen LogP contribution in [0.5, 0.6) is 0 Å². The minimum Gasteiger partial charge on any atom is -0.463 e. The first-order chi connectivity index (χ1) is 15.2. The molecule has 1 aliphatic heterocycles. The number of halogens is 1. The van der Waals surface area contributed by atoms with E-state index in [1.807, 2.05) is 35.2 Å². The van der Waals surface area contributed by atoms with Crippen LogP contribution in [0.3, 0.4) is 0 Å². The van der Waals surface area contributed by atoms with Gasteiger partial charge in [-0.1, -0.05) is 58.4 Å². The average Bonchev–Trinajstić information content (AvgIpc) is 3.39. The summed E-state index contributed by atoms with van der Waals surface area (Å²) in [6.45, 7) is 4.78. The Balaban J connectivity index is 1.32. The number of furan rings is 1. The highest BCUT2D eigenvalue weighted by Crippen LogP contribution is 2.24. The molecule has 1 saturated heterocycles. The summed E-state index contributed by atoms with van der Waals surface area (Å²) < 4.78 is 8.72. The molecule has 1 amide bonds. The molecule has 1 fully saturated rings. The van der Waals surface area contributed by atoms with Crippen LogP contribution in [0.2, 0.25) is 0 Å². The maximum absolute atomic E-state index is 13.4. The molecule has 0 N–H and O–H groups in total. The second-order valence-electron chi connectivity index (χ2n) is 7.97. The second kappa shape index (κ2) is 8.73. The standard InChI is InChI=1S/C25H24BrN3O2/c26-21-8-6-20(7-9-21)18-29-22-10-15-31-24(22)16-23(29)25(30)28-13-11-27(12-14-28)17-19-4-2-1-3-5-19/h1-10,15-16H,11-14,17-18H2. The summed E-state index contributed by atoms with van der Waals surface area (Å²) in [6, 6.07) is 22.5. The van der Waals surface area contributed by atoms with Crippen molar-refractivity contribution in [1.29, 1.82) is 0 Å². The van der Waals surface area contributed by atoms with Crippen molar-refractivity contribution in [1.82, 2.24) is 14.4 Å². The van der Waals surface area contributed by atoms with Crippen LogP contribution in [0.25, 0.3) is 11.1 Å². The highest BCUT2D eigenvalue weighted by Gasteiger charge is 2.26. The van der Waals surface area contributed by atoms with Gasteiger partial charge in [-0.15, -0.1) is 0 Å². The SMILES string of the molecule is O=C(c1cc2occc2n1Cc1ccc(Br)cc1)N1CCN(Cc2ccccc2)CC1. The van der Waals surface area contributed by atoms with Gasteiger partial charge in [0.25, 0.3) is 5.91 Å². The summed E-state index contributed by atoms with van der Waals surface area (Å²) in [6.07, 6.45) is 1.68. The Hall–Kier alpha value is -2.83. The minimum atomic E-state index is 0.0721. The summed E-state index contributed by atoms with van der Waals surface area (Å²) in [5.74, 6) is 0.0721. The van der Waals surface area contributed by atoms with Gasteiger partial charge >= 0.3 is 0 Å². The van der Waals surface area contributed by atoms with E-state index < -0.39 is 0 Å². The Morgan fingerprint density at radius 3 is 2.32 bits per heavy atom. The van der Waals surface area contributed by atoms with E-state index >= 15 is 0 Å². The normalized spacial score (nSPS) is 14.9. The molecule has 3 heterocycles. The fourth-order valence-corrected chi connectivity index (χ4v) is 4.47. The van der Waals surface area contributed by atoms with Gasteiger partial charge in [-0.3, -0.25) is 9.69 Å². The smallest absolute Gasteiger partial charge is 0.270 e. The lowest BCUT2D eigenvalue weighted by atomic mass is 10.2. The van der Waals surface area contributed by atoms with Gasteiger partial charge in [0.2, 0.25) is 0 Å². The third kappa shape index (κ3) is 4.31. The van der Waals surface area contributed by atoms with Crippen molar-refractivity contribution in [2.75, 3.05) is 26.2 Å². The molecule has 0 saturated carbocycles. The molecule has 5 nitrogen and oxygen atoms in total. The van der Waals surface area contributed by atoms with E-state index in [1.54, 1.807) is 6.26 Å². The Labute approximate surface area is 190 Å². The molecule has 0 unspecified atom stereocenters. The zero-order valence-corrected chi connectivity index (χ0v) is 18.8. The van der Waals surface area contributed by atoms with Crippen molar-refractivity contribution in [2.24, 2.45) is 0 Å². The monoisotopic (exact) mass is 477 g/mol. The first-order valence-corrected chi connectivity index (χ1v) is 11.3. The summed E-state index contributed by atoms with van der Waals surface area (Å²) in [7, 11) is 0. The van der Waals surface area contributed by atoms with Crippen LogP contribution in [0.15, 0.2) is 81.9 Å². The summed E-state index contributed by atoms with van der Waals surface area (Å²) in [5.41, 5.74) is 4.85. The van der Waals surface area contributed by atoms with Gasteiger partial charge in [-0.2, -0.15) is 0 Å². The molecule has 0 spiro atoms. The van der Waals surface area contributed by atoms with Gasteiger partial charge < -0.3 is 13.9 Å². The highest BCUT2D eigenvalue weighted by atomic mass is 79.9. The summed E-state index contributed by atoms with van der Waals surface area (Å²) >= 11 is 3.49. The zero-order chi connectivity index (χ0) is 21.2.